The van der Waals surface area contributed by atoms with Crippen LogP contribution in [0.2, 0.25) is 0 Å². The quantitative estimate of drug-likeness (QED) is 0.213. The number of fused-ring (bicyclic) bond motifs is 8. The van der Waals surface area contributed by atoms with Crippen LogP contribution in [-0.2, 0) is 5.60 Å². The molecule has 0 radical (unpaired) electrons. The summed E-state index contributed by atoms with van der Waals surface area (Å²) in [4.78, 5) is 14.0. The first-order valence-corrected chi connectivity index (χ1v) is 13.6. The van der Waals surface area contributed by atoms with E-state index in [2.05, 4.69) is 0 Å². The summed E-state index contributed by atoms with van der Waals surface area (Å²) in [6, 6.07) is 27.3. The molecule has 5 aromatic rings. The fourth-order valence-corrected chi connectivity index (χ4v) is 6.17. The first-order chi connectivity index (χ1) is 20.5. The van der Waals surface area contributed by atoms with Gasteiger partial charge < -0.3 is 23.7 Å². The standard InChI is InChI=1S/C36H28O6/c1-38-23-13-9-21(10-14-23)36(22-11-15-24(39-2)16-12-22)18-17-27-33-32(25-7-5-6-8-26(25)34(33)37)28-19-30(40-3)31(41-4)20-29(28)35(27)42-36/h5-20H,1-4H3. The molecule has 0 aromatic heterocycles. The molecule has 0 spiro atoms. The second-order valence-corrected chi connectivity index (χ2v) is 10.2. The summed E-state index contributed by atoms with van der Waals surface area (Å²) in [6.45, 7) is 0. The smallest absolute Gasteiger partial charge is 0.195 e. The van der Waals surface area contributed by atoms with Crippen LogP contribution >= 0.6 is 0 Å². The minimum Gasteiger partial charge on any atom is -0.497 e. The van der Waals surface area contributed by atoms with Gasteiger partial charge in [-0.25, -0.2) is 0 Å². The molecule has 208 valence electrons. The van der Waals surface area contributed by atoms with Crippen molar-refractivity contribution < 1.29 is 28.5 Å². The molecule has 0 amide bonds. The van der Waals surface area contributed by atoms with Gasteiger partial charge in [-0.1, -0.05) is 48.5 Å². The summed E-state index contributed by atoms with van der Waals surface area (Å²) < 4.78 is 29.5. The molecule has 0 atom stereocenters. The van der Waals surface area contributed by atoms with E-state index in [9.17, 15) is 4.79 Å². The second kappa shape index (κ2) is 9.70. The van der Waals surface area contributed by atoms with Crippen LogP contribution in [0, 0.1) is 0 Å². The van der Waals surface area contributed by atoms with Crippen molar-refractivity contribution in [2.75, 3.05) is 28.4 Å². The SMILES string of the molecule is COc1ccc(C2(c3ccc(OC)cc3)C=Cc3c4c(c5cc(OC)c(OC)cc5c3O2)-c2ccccc2C4=O)cc1. The third-order valence-corrected chi connectivity index (χ3v) is 8.26. The Morgan fingerprint density at radius 1 is 0.619 bits per heavy atom. The van der Waals surface area contributed by atoms with E-state index >= 15 is 0 Å². The Balaban J connectivity index is 1.55. The minimum atomic E-state index is -1.01. The van der Waals surface area contributed by atoms with E-state index < -0.39 is 5.60 Å². The van der Waals surface area contributed by atoms with Gasteiger partial charge in [0.1, 0.15) is 17.2 Å². The molecular formula is C36H28O6. The highest BCUT2D eigenvalue weighted by atomic mass is 16.5. The maximum absolute atomic E-state index is 14.0. The van der Waals surface area contributed by atoms with Crippen molar-refractivity contribution in [1.29, 1.82) is 0 Å². The molecule has 0 saturated carbocycles. The Morgan fingerprint density at radius 2 is 1.17 bits per heavy atom. The molecule has 7 rings (SSSR count). The van der Waals surface area contributed by atoms with Gasteiger partial charge in [0.05, 0.1) is 28.4 Å². The van der Waals surface area contributed by atoms with Crippen molar-refractivity contribution in [2.45, 2.75) is 5.60 Å². The van der Waals surface area contributed by atoms with Crippen molar-refractivity contribution >= 4 is 22.6 Å². The fraction of sp³-hybridized carbons (Fsp3) is 0.139. The maximum atomic E-state index is 14.0. The van der Waals surface area contributed by atoms with Gasteiger partial charge in [-0.2, -0.15) is 0 Å². The average molecular weight is 557 g/mol. The number of ketones is 1. The van der Waals surface area contributed by atoms with Crippen molar-refractivity contribution in [3.8, 4) is 39.9 Å². The van der Waals surface area contributed by atoms with E-state index in [4.69, 9.17) is 23.7 Å². The number of hydrogen-bond donors (Lipinski definition) is 0. The van der Waals surface area contributed by atoms with E-state index in [0.717, 1.165) is 50.1 Å². The van der Waals surface area contributed by atoms with Crippen molar-refractivity contribution in [2.24, 2.45) is 0 Å². The number of benzene rings is 5. The number of carbonyl (C=O) groups is 1. The molecule has 1 aliphatic carbocycles. The van der Waals surface area contributed by atoms with E-state index in [-0.39, 0.29) is 5.78 Å². The number of carbonyl (C=O) groups excluding carboxylic acids is 1. The van der Waals surface area contributed by atoms with Gasteiger partial charge in [0.2, 0.25) is 0 Å². The Morgan fingerprint density at radius 3 is 1.71 bits per heavy atom. The van der Waals surface area contributed by atoms with Crippen molar-refractivity contribution in [1.82, 2.24) is 0 Å². The molecule has 0 bridgehead atoms. The first kappa shape index (κ1) is 25.7. The normalized spacial score (nSPS) is 14.0. The molecule has 2 aliphatic rings. The molecule has 0 unspecified atom stereocenters. The van der Waals surface area contributed by atoms with Crippen LogP contribution < -0.4 is 23.7 Å². The lowest BCUT2D eigenvalue weighted by atomic mass is 9.81. The zero-order chi connectivity index (χ0) is 29.0. The molecule has 0 saturated heterocycles. The third-order valence-electron chi connectivity index (χ3n) is 8.26. The molecule has 1 aliphatic heterocycles. The third kappa shape index (κ3) is 3.61. The molecule has 6 heteroatoms. The Kier molecular flexibility index (Phi) is 5.94. The van der Waals surface area contributed by atoms with E-state index in [1.54, 1.807) is 28.4 Å². The van der Waals surface area contributed by atoms with Crippen LogP contribution in [0.5, 0.6) is 28.7 Å². The van der Waals surface area contributed by atoms with E-state index in [1.807, 2.05) is 97.1 Å². The molecule has 42 heavy (non-hydrogen) atoms. The summed E-state index contributed by atoms with van der Waals surface area (Å²) in [5, 5.41) is 1.68. The van der Waals surface area contributed by atoms with Crippen LogP contribution in [0.3, 0.4) is 0 Å². The molecular weight excluding hydrogens is 528 g/mol. The zero-order valence-electron chi connectivity index (χ0n) is 23.7. The van der Waals surface area contributed by atoms with Gasteiger partial charge in [-0.3, -0.25) is 4.79 Å². The first-order valence-electron chi connectivity index (χ1n) is 13.6. The highest BCUT2D eigenvalue weighted by molar-refractivity contribution is 6.29. The average Bonchev–Trinajstić information content (AvgIpc) is 3.36. The minimum absolute atomic E-state index is 0.0248. The van der Waals surface area contributed by atoms with Gasteiger partial charge in [0, 0.05) is 38.8 Å². The van der Waals surface area contributed by atoms with Gasteiger partial charge in [0.25, 0.3) is 0 Å². The lowest BCUT2D eigenvalue weighted by Crippen LogP contribution is -2.34. The molecule has 0 fully saturated rings. The predicted molar refractivity (Wildman–Crippen MR) is 162 cm³/mol. The Hall–Kier alpha value is -5.23. The molecule has 5 aromatic carbocycles. The van der Waals surface area contributed by atoms with Crippen LogP contribution in [0.1, 0.15) is 32.6 Å². The van der Waals surface area contributed by atoms with Crippen LogP contribution in [0.4, 0.5) is 0 Å². The number of methoxy groups -OCH3 is 4. The molecule has 6 nitrogen and oxygen atoms in total. The monoisotopic (exact) mass is 556 g/mol. The summed E-state index contributed by atoms with van der Waals surface area (Å²) in [7, 11) is 6.51. The maximum Gasteiger partial charge on any atom is 0.195 e. The largest absolute Gasteiger partial charge is 0.497 e. The Bertz CT molecular complexity index is 1850. The summed E-state index contributed by atoms with van der Waals surface area (Å²) in [5.41, 5.74) is 4.61. The molecule has 1 heterocycles. The lowest BCUT2D eigenvalue weighted by Gasteiger charge is -2.37. The lowest BCUT2D eigenvalue weighted by molar-refractivity contribution is 0.104. The highest BCUT2D eigenvalue weighted by Gasteiger charge is 2.41. The summed E-state index contributed by atoms with van der Waals surface area (Å²) >= 11 is 0. The topological polar surface area (TPSA) is 63.2 Å². The zero-order valence-corrected chi connectivity index (χ0v) is 23.7. The van der Waals surface area contributed by atoms with Crippen LogP contribution in [0.25, 0.3) is 28.0 Å². The van der Waals surface area contributed by atoms with E-state index in [0.29, 0.717) is 28.4 Å². The van der Waals surface area contributed by atoms with Crippen LogP contribution in [0.15, 0.2) is 91.0 Å². The fourth-order valence-electron chi connectivity index (χ4n) is 6.17. The van der Waals surface area contributed by atoms with Gasteiger partial charge in [-0.05, 0) is 59.5 Å². The van der Waals surface area contributed by atoms with Crippen LogP contribution in [-0.4, -0.2) is 34.2 Å². The second-order valence-electron chi connectivity index (χ2n) is 10.2. The number of hydrogen-bond acceptors (Lipinski definition) is 6. The van der Waals surface area contributed by atoms with Crippen molar-refractivity contribution in [3.05, 3.63) is 119 Å². The Labute approximate surface area is 243 Å². The predicted octanol–water partition coefficient (Wildman–Crippen LogP) is 7.44. The molecule has 0 N–H and O–H groups in total. The highest BCUT2D eigenvalue weighted by Crippen LogP contribution is 2.54. The van der Waals surface area contributed by atoms with Gasteiger partial charge >= 0.3 is 0 Å². The van der Waals surface area contributed by atoms with Gasteiger partial charge in [-0.15, -0.1) is 0 Å². The number of rotatable bonds is 6. The van der Waals surface area contributed by atoms with Crippen molar-refractivity contribution in [3.63, 3.8) is 0 Å². The van der Waals surface area contributed by atoms with E-state index in [1.165, 1.54) is 0 Å². The number of ether oxygens (including phenoxy) is 5. The van der Waals surface area contributed by atoms with Gasteiger partial charge in [0.15, 0.2) is 22.9 Å². The summed E-state index contributed by atoms with van der Waals surface area (Å²) in [6.07, 6.45) is 4.05. The summed E-state index contributed by atoms with van der Waals surface area (Å²) in [5.74, 6) is 3.21.